The van der Waals surface area contributed by atoms with Gasteiger partial charge in [0.25, 0.3) is 0 Å². The quantitative estimate of drug-likeness (QED) is 0.817. The van der Waals surface area contributed by atoms with E-state index in [1.54, 1.807) is 4.88 Å². The van der Waals surface area contributed by atoms with Crippen molar-refractivity contribution in [3.8, 4) is 0 Å². The fourth-order valence-corrected chi connectivity index (χ4v) is 4.10. The maximum absolute atomic E-state index is 3.93. The number of hydrogen-bond donors (Lipinski definition) is 1. The Kier molecular flexibility index (Phi) is 3.53. The van der Waals surface area contributed by atoms with Crippen LogP contribution in [0.3, 0.4) is 0 Å². The molecule has 1 heterocycles. The van der Waals surface area contributed by atoms with E-state index < -0.39 is 0 Å². The highest BCUT2D eigenvalue weighted by Crippen LogP contribution is 2.43. The number of thiophene rings is 1. The minimum absolute atomic E-state index is 0.644. The van der Waals surface area contributed by atoms with Gasteiger partial charge < -0.3 is 5.32 Å². The molecule has 2 heteroatoms. The molecule has 17 heavy (non-hydrogen) atoms. The van der Waals surface area contributed by atoms with Crippen molar-refractivity contribution < 1.29 is 0 Å². The predicted octanol–water partition coefficient (Wildman–Crippen LogP) is 4.37. The van der Waals surface area contributed by atoms with E-state index in [0.717, 1.165) is 11.8 Å². The molecule has 2 fully saturated rings. The Bertz CT molecular complexity index is 336. The van der Waals surface area contributed by atoms with Gasteiger partial charge in [-0.1, -0.05) is 18.9 Å². The smallest absolute Gasteiger partial charge is 0.0445 e. The first-order valence-electron chi connectivity index (χ1n) is 7.14. The average molecular weight is 249 g/mol. The second-order valence-electron chi connectivity index (χ2n) is 5.83. The molecule has 0 saturated heterocycles. The normalized spacial score (nSPS) is 25.0. The van der Waals surface area contributed by atoms with Crippen LogP contribution in [0.2, 0.25) is 0 Å². The van der Waals surface area contributed by atoms with E-state index in [0.29, 0.717) is 12.1 Å². The third-order valence-corrected chi connectivity index (χ3v) is 5.45. The third kappa shape index (κ3) is 2.74. The zero-order valence-corrected chi connectivity index (χ0v) is 11.5. The Labute approximate surface area is 109 Å². The summed E-state index contributed by atoms with van der Waals surface area (Å²) >= 11 is 1.92. The van der Waals surface area contributed by atoms with Crippen LogP contribution in [0.25, 0.3) is 0 Å². The van der Waals surface area contributed by atoms with Crippen LogP contribution < -0.4 is 5.32 Å². The lowest BCUT2D eigenvalue weighted by Crippen LogP contribution is -2.36. The number of nitrogens with one attached hydrogen (secondary N) is 1. The molecule has 3 rings (SSSR count). The van der Waals surface area contributed by atoms with Gasteiger partial charge >= 0.3 is 0 Å². The summed E-state index contributed by atoms with van der Waals surface area (Å²) in [5.74, 6) is 1.84. The largest absolute Gasteiger partial charge is 0.306 e. The van der Waals surface area contributed by atoms with E-state index in [9.17, 15) is 0 Å². The minimum Gasteiger partial charge on any atom is -0.306 e. The lowest BCUT2D eigenvalue weighted by Gasteiger charge is -2.26. The van der Waals surface area contributed by atoms with Crippen LogP contribution in [0.15, 0.2) is 17.5 Å². The monoisotopic (exact) mass is 249 g/mol. The van der Waals surface area contributed by atoms with Gasteiger partial charge in [0.1, 0.15) is 0 Å². The topological polar surface area (TPSA) is 12.0 Å². The van der Waals surface area contributed by atoms with Crippen molar-refractivity contribution in [1.82, 2.24) is 5.32 Å². The summed E-state index contributed by atoms with van der Waals surface area (Å²) in [5.41, 5.74) is 0. The molecular formula is C15H23NS. The Hall–Kier alpha value is -0.340. The molecule has 0 amide bonds. The van der Waals surface area contributed by atoms with Gasteiger partial charge in [0.15, 0.2) is 0 Å². The van der Waals surface area contributed by atoms with Crippen LogP contribution in [0.5, 0.6) is 0 Å². The Morgan fingerprint density at radius 2 is 1.94 bits per heavy atom. The highest BCUT2D eigenvalue weighted by Gasteiger charge is 2.35. The van der Waals surface area contributed by atoms with Gasteiger partial charge in [0, 0.05) is 17.0 Å². The molecule has 0 spiro atoms. The summed E-state index contributed by atoms with van der Waals surface area (Å²) in [4.78, 5) is 1.55. The zero-order valence-electron chi connectivity index (χ0n) is 10.7. The Morgan fingerprint density at radius 3 is 2.53 bits per heavy atom. The van der Waals surface area contributed by atoms with Crippen molar-refractivity contribution in [3.63, 3.8) is 0 Å². The third-order valence-electron chi connectivity index (χ3n) is 4.49. The molecule has 1 aromatic heterocycles. The molecule has 2 atom stereocenters. The van der Waals surface area contributed by atoms with E-state index in [-0.39, 0.29) is 0 Å². The van der Waals surface area contributed by atoms with Gasteiger partial charge in [-0.25, -0.2) is 0 Å². The van der Waals surface area contributed by atoms with E-state index >= 15 is 0 Å². The van der Waals surface area contributed by atoms with Crippen LogP contribution in [-0.4, -0.2) is 6.04 Å². The van der Waals surface area contributed by atoms with Gasteiger partial charge in [-0.2, -0.15) is 0 Å². The predicted molar refractivity (Wildman–Crippen MR) is 74.3 cm³/mol. The molecule has 1 unspecified atom stereocenters. The zero-order chi connectivity index (χ0) is 11.7. The SMILES string of the molecule is C[C@H](NC(c1cccs1)C1CC1)C1CCCC1. The van der Waals surface area contributed by atoms with Gasteiger partial charge in [0.2, 0.25) is 0 Å². The van der Waals surface area contributed by atoms with E-state index in [2.05, 4.69) is 29.8 Å². The lowest BCUT2D eigenvalue weighted by molar-refractivity contribution is 0.329. The van der Waals surface area contributed by atoms with Gasteiger partial charge in [-0.05, 0) is 55.9 Å². The van der Waals surface area contributed by atoms with E-state index in [1.165, 1.54) is 38.5 Å². The van der Waals surface area contributed by atoms with Crippen molar-refractivity contribution in [2.45, 2.75) is 57.5 Å². The number of rotatable bonds is 5. The highest BCUT2D eigenvalue weighted by atomic mass is 32.1. The first-order valence-corrected chi connectivity index (χ1v) is 8.02. The van der Waals surface area contributed by atoms with Crippen molar-refractivity contribution in [3.05, 3.63) is 22.4 Å². The van der Waals surface area contributed by atoms with Crippen molar-refractivity contribution in [2.75, 3.05) is 0 Å². The summed E-state index contributed by atoms with van der Waals surface area (Å²) < 4.78 is 0. The van der Waals surface area contributed by atoms with Crippen LogP contribution in [0, 0.1) is 11.8 Å². The molecule has 0 aliphatic heterocycles. The minimum atomic E-state index is 0.644. The standard InChI is InChI=1S/C15H23NS/c1-11(12-5-2-3-6-12)16-15(13-8-9-13)14-7-4-10-17-14/h4,7,10-13,15-16H,2-3,5-6,8-9H2,1H3/t11-,15?/m0/s1. The molecule has 2 aliphatic carbocycles. The number of hydrogen-bond acceptors (Lipinski definition) is 2. The molecule has 2 saturated carbocycles. The van der Waals surface area contributed by atoms with Crippen LogP contribution in [-0.2, 0) is 0 Å². The second kappa shape index (κ2) is 5.11. The van der Waals surface area contributed by atoms with Crippen LogP contribution >= 0.6 is 11.3 Å². The summed E-state index contributed by atoms with van der Waals surface area (Å²) in [5, 5.41) is 6.15. The van der Waals surface area contributed by atoms with Crippen LogP contribution in [0.1, 0.15) is 56.4 Å². The summed E-state index contributed by atoms with van der Waals surface area (Å²) in [6.07, 6.45) is 8.62. The van der Waals surface area contributed by atoms with Gasteiger partial charge in [-0.3, -0.25) is 0 Å². The molecule has 1 N–H and O–H groups in total. The van der Waals surface area contributed by atoms with E-state index in [4.69, 9.17) is 0 Å². The molecule has 0 bridgehead atoms. The molecular weight excluding hydrogens is 226 g/mol. The van der Waals surface area contributed by atoms with Crippen molar-refractivity contribution in [1.29, 1.82) is 0 Å². The Morgan fingerprint density at radius 1 is 1.18 bits per heavy atom. The lowest BCUT2D eigenvalue weighted by atomic mass is 9.98. The molecule has 2 aliphatic rings. The average Bonchev–Trinajstić information content (AvgIpc) is 2.87. The fraction of sp³-hybridized carbons (Fsp3) is 0.733. The summed E-state index contributed by atoms with van der Waals surface area (Å²) in [6, 6.07) is 5.84. The second-order valence-corrected chi connectivity index (χ2v) is 6.81. The summed E-state index contributed by atoms with van der Waals surface area (Å²) in [6.45, 7) is 2.40. The maximum atomic E-state index is 3.93. The first-order chi connectivity index (χ1) is 8.34. The Balaban J connectivity index is 1.64. The molecule has 1 nitrogen and oxygen atoms in total. The highest BCUT2D eigenvalue weighted by molar-refractivity contribution is 7.10. The van der Waals surface area contributed by atoms with E-state index in [1.807, 2.05) is 11.3 Å². The molecule has 0 radical (unpaired) electrons. The van der Waals surface area contributed by atoms with Gasteiger partial charge in [-0.15, -0.1) is 11.3 Å². The van der Waals surface area contributed by atoms with Crippen molar-refractivity contribution >= 4 is 11.3 Å². The molecule has 0 aromatic carbocycles. The molecule has 94 valence electrons. The molecule has 1 aromatic rings. The summed E-state index contributed by atoms with van der Waals surface area (Å²) in [7, 11) is 0. The van der Waals surface area contributed by atoms with Crippen LogP contribution in [0.4, 0.5) is 0 Å². The van der Waals surface area contributed by atoms with Crippen molar-refractivity contribution in [2.24, 2.45) is 11.8 Å². The van der Waals surface area contributed by atoms with Gasteiger partial charge in [0.05, 0.1) is 0 Å². The maximum Gasteiger partial charge on any atom is 0.0445 e. The fourth-order valence-electron chi connectivity index (χ4n) is 3.23. The first kappa shape index (κ1) is 11.7.